The van der Waals surface area contributed by atoms with Crippen LogP contribution in [0.1, 0.15) is 18.4 Å². The highest BCUT2D eigenvalue weighted by Crippen LogP contribution is 2.42. The Morgan fingerprint density at radius 3 is 2.78 bits per heavy atom. The molecule has 0 aliphatic carbocycles. The van der Waals surface area contributed by atoms with E-state index in [4.69, 9.17) is 26.8 Å². The zero-order valence-corrected chi connectivity index (χ0v) is 14.6. The summed E-state index contributed by atoms with van der Waals surface area (Å²) in [4.78, 5) is 12.4. The minimum absolute atomic E-state index is 0.0584. The third-order valence-electron chi connectivity index (χ3n) is 3.33. The largest absolute Gasteiger partial charge is 0.463 e. The average Bonchev–Trinajstić information content (AvgIpc) is 2.54. The van der Waals surface area contributed by atoms with Gasteiger partial charge in [0.1, 0.15) is 17.4 Å². The van der Waals surface area contributed by atoms with Gasteiger partial charge in [-0.05, 0) is 18.6 Å². The van der Waals surface area contributed by atoms with Crippen LogP contribution in [0.5, 0.6) is 0 Å². The first-order valence-corrected chi connectivity index (χ1v) is 8.16. The van der Waals surface area contributed by atoms with E-state index in [9.17, 15) is 10.1 Å². The highest BCUT2D eigenvalue weighted by atomic mass is 79.9. The van der Waals surface area contributed by atoms with Gasteiger partial charge in [0, 0.05) is 4.47 Å². The molecular formula is C16H14BrClN2O3. The lowest BCUT2D eigenvalue weighted by Gasteiger charge is -2.28. The number of benzene rings is 1. The van der Waals surface area contributed by atoms with Gasteiger partial charge in [0.15, 0.2) is 0 Å². The molecule has 1 heterocycles. The van der Waals surface area contributed by atoms with E-state index in [2.05, 4.69) is 15.9 Å². The predicted octanol–water partition coefficient (Wildman–Crippen LogP) is 3.31. The molecule has 2 N–H and O–H groups in total. The van der Waals surface area contributed by atoms with Gasteiger partial charge in [-0.3, -0.25) is 0 Å². The Bertz CT molecular complexity index is 737. The number of esters is 1. The van der Waals surface area contributed by atoms with Crippen molar-refractivity contribution in [3.63, 3.8) is 0 Å². The summed E-state index contributed by atoms with van der Waals surface area (Å²) in [6.45, 7) is 1.90. The number of hydrogen-bond donors (Lipinski definition) is 1. The van der Waals surface area contributed by atoms with Gasteiger partial charge in [-0.15, -0.1) is 11.6 Å². The van der Waals surface area contributed by atoms with Crippen molar-refractivity contribution in [2.75, 3.05) is 12.5 Å². The van der Waals surface area contributed by atoms with Crippen LogP contribution >= 0.6 is 27.5 Å². The van der Waals surface area contributed by atoms with E-state index in [0.29, 0.717) is 5.56 Å². The molecule has 1 aliphatic rings. The molecule has 120 valence electrons. The van der Waals surface area contributed by atoms with Crippen LogP contribution < -0.4 is 5.73 Å². The number of carbonyl (C=O) groups is 1. The number of halogens is 2. The SMILES string of the molecule is CCOC(=O)C1=C(CCl)OC(N)=C(C#N)C1c1ccccc1Br. The Labute approximate surface area is 147 Å². The number of rotatable bonds is 4. The van der Waals surface area contributed by atoms with E-state index in [-0.39, 0.29) is 35.3 Å². The van der Waals surface area contributed by atoms with Crippen LogP contribution in [0.2, 0.25) is 0 Å². The molecule has 1 unspecified atom stereocenters. The highest BCUT2D eigenvalue weighted by Gasteiger charge is 2.38. The van der Waals surface area contributed by atoms with Gasteiger partial charge in [-0.1, -0.05) is 34.1 Å². The number of hydrogen-bond acceptors (Lipinski definition) is 5. The second kappa shape index (κ2) is 7.53. The van der Waals surface area contributed by atoms with Gasteiger partial charge in [0.05, 0.1) is 24.0 Å². The van der Waals surface area contributed by atoms with E-state index in [1.54, 1.807) is 13.0 Å². The van der Waals surface area contributed by atoms with Crippen molar-refractivity contribution in [2.24, 2.45) is 5.73 Å². The van der Waals surface area contributed by atoms with Gasteiger partial charge in [0.2, 0.25) is 5.88 Å². The van der Waals surface area contributed by atoms with Crippen molar-refractivity contribution in [3.05, 3.63) is 57.1 Å². The third kappa shape index (κ3) is 3.36. The molecule has 0 bridgehead atoms. The molecule has 5 nitrogen and oxygen atoms in total. The average molecular weight is 398 g/mol. The lowest BCUT2D eigenvalue weighted by atomic mass is 9.83. The fourth-order valence-electron chi connectivity index (χ4n) is 2.37. The molecule has 2 rings (SSSR count). The van der Waals surface area contributed by atoms with Crippen LogP contribution in [0.3, 0.4) is 0 Å². The first kappa shape index (κ1) is 17.4. The van der Waals surface area contributed by atoms with Crippen molar-refractivity contribution in [1.29, 1.82) is 5.26 Å². The van der Waals surface area contributed by atoms with Gasteiger partial charge < -0.3 is 15.2 Å². The molecule has 0 spiro atoms. The summed E-state index contributed by atoms with van der Waals surface area (Å²) < 4.78 is 11.2. The minimum Gasteiger partial charge on any atom is -0.463 e. The highest BCUT2D eigenvalue weighted by molar-refractivity contribution is 9.10. The molecule has 0 saturated carbocycles. The number of carbonyl (C=O) groups excluding carboxylic acids is 1. The van der Waals surface area contributed by atoms with E-state index < -0.39 is 11.9 Å². The second-order valence-corrected chi connectivity index (χ2v) is 5.76. The molecule has 0 fully saturated rings. The van der Waals surface area contributed by atoms with E-state index >= 15 is 0 Å². The van der Waals surface area contributed by atoms with Gasteiger partial charge in [-0.25, -0.2) is 4.79 Å². The van der Waals surface area contributed by atoms with Crippen molar-refractivity contribution in [3.8, 4) is 6.07 Å². The lowest BCUT2D eigenvalue weighted by Crippen LogP contribution is -2.27. The van der Waals surface area contributed by atoms with Crippen LogP contribution in [0.25, 0.3) is 0 Å². The molecule has 1 aromatic carbocycles. The van der Waals surface area contributed by atoms with Crippen LogP contribution in [0, 0.1) is 11.3 Å². The van der Waals surface area contributed by atoms with Gasteiger partial charge in [-0.2, -0.15) is 5.26 Å². The summed E-state index contributed by atoms with van der Waals surface area (Å²) in [5.41, 5.74) is 6.89. The predicted molar refractivity (Wildman–Crippen MR) is 89.2 cm³/mol. The summed E-state index contributed by atoms with van der Waals surface area (Å²) in [5, 5.41) is 9.48. The molecule has 7 heteroatoms. The number of allylic oxidation sites excluding steroid dienone is 2. The van der Waals surface area contributed by atoms with E-state index in [0.717, 1.165) is 4.47 Å². The van der Waals surface area contributed by atoms with Crippen molar-refractivity contribution in [2.45, 2.75) is 12.8 Å². The van der Waals surface area contributed by atoms with E-state index in [1.165, 1.54) is 0 Å². The Balaban J connectivity index is 2.69. The standard InChI is InChI=1S/C16H14BrClN2O3/c1-2-22-16(21)14-12(7-18)23-15(20)10(8-19)13(14)9-5-3-4-6-11(9)17/h3-6,13H,2,7,20H2,1H3. The maximum absolute atomic E-state index is 12.4. The van der Waals surface area contributed by atoms with Gasteiger partial charge in [0.25, 0.3) is 0 Å². The summed E-state index contributed by atoms with van der Waals surface area (Å²) in [6.07, 6.45) is 0. The maximum Gasteiger partial charge on any atom is 0.338 e. The molecule has 23 heavy (non-hydrogen) atoms. The van der Waals surface area contributed by atoms with Crippen LogP contribution in [-0.4, -0.2) is 18.5 Å². The molecule has 0 aromatic heterocycles. The molecular weight excluding hydrogens is 384 g/mol. The Morgan fingerprint density at radius 1 is 1.52 bits per heavy atom. The summed E-state index contributed by atoms with van der Waals surface area (Å²) in [6, 6.07) is 9.29. The third-order valence-corrected chi connectivity index (χ3v) is 4.29. The van der Waals surface area contributed by atoms with Crippen LogP contribution in [0.15, 0.2) is 51.5 Å². The minimum atomic E-state index is -0.697. The van der Waals surface area contributed by atoms with E-state index in [1.807, 2.05) is 24.3 Å². The zero-order valence-electron chi connectivity index (χ0n) is 12.3. The Kier molecular flexibility index (Phi) is 5.69. The van der Waals surface area contributed by atoms with Crippen LogP contribution in [-0.2, 0) is 14.3 Å². The quantitative estimate of drug-likeness (QED) is 0.622. The molecule has 1 aromatic rings. The smallest absolute Gasteiger partial charge is 0.338 e. The van der Waals surface area contributed by atoms with Crippen molar-refractivity contribution >= 4 is 33.5 Å². The molecule has 0 radical (unpaired) electrons. The van der Waals surface area contributed by atoms with Crippen LogP contribution in [0.4, 0.5) is 0 Å². The number of nitrogens with two attached hydrogens (primary N) is 1. The zero-order chi connectivity index (χ0) is 17.0. The normalized spacial score (nSPS) is 17.6. The molecule has 0 amide bonds. The topological polar surface area (TPSA) is 85.3 Å². The fraction of sp³-hybridized carbons (Fsp3) is 0.250. The first-order chi connectivity index (χ1) is 11.0. The lowest BCUT2D eigenvalue weighted by molar-refractivity contribution is -0.139. The maximum atomic E-state index is 12.4. The summed E-state index contributed by atoms with van der Waals surface area (Å²) >= 11 is 9.35. The number of nitrogens with zero attached hydrogens (tertiary/aromatic N) is 1. The first-order valence-electron chi connectivity index (χ1n) is 6.83. The Hall–Kier alpha value is -1.97. The summed E-state index contributed by atoms with van der Waals surface area (Å²) in [7, 11) is 0. The van der Waals surface area contributed by atoms with Crippen molar-refractivity contribution in [1.82, 2.24) is 0 Å². The molecule has 0 saturated heterocycles. The number of ether oxygens (including phenoxy) is 2. The Morgan fingerprint density at radius 2 is 2.22 bits per heavy atom. The fourth-order valence-corrected chi connectivity index (χ4v) is 3.08. The monoisotopic (exact) mass is 396 g/mol. The number of nitriles is 1. The second-order valence-electron chi connectivity index (χ2n) is 4.64. The van der Waals surface area contributed by atoms with Crippen molar-refractivity contribution < 1.29 is 14.3 Å². The summed E-state index contributed by atoms with van der Waals surface area (Å²) in [5.74, 6) is -1.20. The number of alkyl halides is 1. The molecule has 1 atom stereocenters. The van der Waals surface area contributed by atoms with Gasteiger partial charge >= 0.3 is 5.97 Å². The molecule has 1 aliphatic heterocycles.